The second kappa shape index (κ2) is 22.9. The second-order valence-corrected chi connectivity index (χ2v) is 15.0. The highest BCUT2D eigenvalue weighted by Crippen LogP contribution is 2.39. The SMILES string of the molecule is CCC/C=C\C/C=C\C/C=C\C/C=C\C/C=C\CCCC(=O)n1c(=O)ccc2ccc(OCCCCN3CCN(C4=CC=CC5SC=CC45)CC3)cc21. The largest absolute Gasteiger partial charge is 0.494 e. The van der Waals surface area contributed by atoms with Crippen molar-refractivity contribution >= 4 is 28.6 Å². The van der Waals surface area contributed by atoms with Crippen molar-refractivity contribution in [2.45, 2.75) is 82.8 Å². The zero-order chi connectivity index (χ0) is 36.9. The van der Waals surface area contributed by atoms with E-state index in [-0.39, 0.29) is 11.5 Å². The summed E-state index contributed by atoms with van der Waals surface area (Å²) in [7, 11) is 0. The van der Waals surface area contributed by atoms with Crippen LogP contribution in [0.3, 0.4) is 0 Å². The molecular weight excluding hydrogens is 675 g/mol. The summed E-state index contributed by atoms with van der Waals surface area (Å²) in [6.45, 7) is 8.23. The third-order valence-electron chi connectivity index (χ3n) is 9.92. The molecule has 6 nitrogen and oxygen atoms in total. The van der Waals surface area contributed by atoms with Crippen LogP contribution in [-0.4, -0.2) is 64.9 Å². The minimum atomic E-state index is -0.292. The van der Waals surface area contributed by atoms with E-state index < -0.39 is 0 Å². The Balaban J connectivity index is 0.962. The molecule has 2 aromatic rings. The summed E-state index contributed by atoms with van der Waals surface area (Å²) in [6.07, 6.45) is 41.2. The van der Waals surface area contributed by atoms with Crippen molar-refractivity contribution in [3.63, 3.8) is 0 Å². The zero-order valence-corrected chi connectivity index (χ0v) is 32.5. The van der Waals surface area contributed by atoms with Crippen LogP contribution < -0.4 is 10.3 Å². The highest BCUT2D eigenvalue weighted by molar-refractivity contribution is 8.03. The summed E-state index contributed by atoms with van der Waals surface area (Å²) in [4.78, 5) is 31.2. The Morgan fingerprint density at radius 2 is 1.49 bits per heavy atom. The molecule has 2 aliphatic heterocycles. The third kappa shape index (κ3) is 13.1. The zero-order valence-electron chi connectivity index (χ0n) is 31.7. The number of allylic oxidation sites excluding steroid dienone is 13. The number of rotatable bonds is 21. The van der Waals surface area contributed by atoms with Crippen molar-refractivity contribution in [2.75, 3.05) is 39.3 Å². The minimum Gasteiger partial charge on any atom is -0.494 e. The van der Waals surface area contributed by atoms with Crippen LogP contribution in [0, 0.1) is 5.92 Å². The van der Waals surface area contributed by atoms with Crippen LogP contribution in [0.2, 0.25) is 0 Å². The number of ether oxygens (including phenoxy) is 1. The van der Waals surface area contributed by atoms with E-state index in [9.17, 15) is 9.59 Å². The van der Waals surface area contributed by atoms with Crippen LogP contribution in [0.1, 0.15) is 82.3 Å². The summed E-state index contributed by atoms with van der Waals surface area (Å²) in [5.74, 6) is 1.05. The number of nitrogens with zero attached hydrogens (tertiary/aromatic N) is 3. The van der Waals surface area contributed by atoms with Gasteiger partial charge in [-0.15, -0.1) is 11.8 Å². The van der Waals surface area contributed by atoms with Gasteiger partial charge in [-0.25, -0.2) is 4.57 Å². The van der Waals surface area contributed by atoms with Crippen LogP contribution in [0.5, 0.6) is 5.75 Å². The smallest absolute Gasteiger partial charge is 0.257 e. The third-order valence-corrected chi connectivity index (χ3v) is 11.0. The van der Waals surface area contributed by atoms with Gasteiger partial charge >= 0.3 is 0 Å². The van der Waals surface area contributed by atoms with Crippen molar-refractivity contribution < 1.29 is 9.53 Å². The van der Waals surface area contributed by atoms with Crippen LogP contribution in [-0.2, 0) is 0 Å². The number of benzene rings is 1. The van der Waals surface area contributed by atoms with E-state index in [0.717, 1.165) is 89.5 Å². The Kier molecular flexibility index (Phi) is 17.3. The maximum atomic E-state index is 13.2. The minimum absolute atomic E-state index is 0.171. The first-order chi connectivity index (χ1) is 26.1. The lowest BCUT2D eigenvalue weighted by Crippen LogP contribution is -2.47. The molecule has 0 saturated carbocycles. The first-order valence-corrected chi connectivity index (χ1v) is 20.8. The number of pyridine rings is 1. The van der Waals surface area contributed by atoms with Gasteiger partial charge in [-0.3, -0.25) is 14.5 Å². The standard InChI is InChI=1S/C46H59N3O3S/c1-2-3-4-5-6-7-8-9-10-11-12-13-14-15-16-17-18-19-25-45(50)49-43-38-40(28-26-39(43)27-29-46(49)51)52-36-21-20-31-47-32-34-48(35-33-47)42-23-22-24-44-41(42)30-37-53-44/h4-5,7-8,10-11,13-14,16-17,22-24,26-30,37-38,41,44H,2-3,6,9,12,15,18-21,25,31-36H2,1H3/b5-4-,8-7-,11-10-,14-13-,17-16-. The molecule has 2 atom stereocenters. The number of hydrogen-bond donors (Lipinski definition) is 0. The van der Waals surface area contributed by atoms with E-state index >= 15 is 0 Å². The molecule has 0 N–H and O–H groups in total. The fourth-order valence-electron chi connectivity index (χ4n) is 6.92. The maximum Gasteiger partial charge on any atom is 0.257 e. The molecule has 1 fully saturated rings. The van der Waals surface area contributed by atoms with E-state index in [1.54, 1.807) is 6.07 Å². The van der Waals surface area contributed by atoms with Crippen molar-refractivity contribution in [3.8, 4) is 5.75 Å². The molecule has 282 valence electrons. The average molecular weight is 734 g/mol. The van der Waals surface area contributed by atoms with Crippen molar-refractivity contribution in [2.24, 2.45) is 5.92 Å². The van der Waals surface area contributed by atoms with Crippen molar-refractivity contribution in [3.05, 3.63) is 137 Å². The average Bonchev–Trinajstić information content (AvgIpc) is 3.67. The number of fused-ring (bicyclic) bond motifs is 2. The molecule has 0 bridgehead atoms. The molecule has 7 heteroatoms. The summed E-state index contributed by atoms with van der Waals surface area (Å²) >= 11 is 1.93. The van der Waals surface area contributed by atoms with E-state index in [0.29, 0.717) is 41.9 Å². The topological polar surface area (TPSA) is 54.8 Å². The molecule has 1 aromatic heterocycles. The highest BCUT2D eigenvalue weighted by atomic mass is 32.2. The molecular formula is C46H59N3O3S. The highest BCUT2D eigenvalue weighted by Gasteiger charge is 2.31. The van der Waals surface area contributed by atoms with Gasteiger partial charge in [-0.2, -0.15) is 0 Å². The lowest BCUT2D eigenvalue weighted by Gasteiger charge is -2.40. The van der Waals surface area contributed by atoms with Crippen molar-refractivity contribution in [1.82, 2.24) is 14.4 Å². The van der Waals surface area contributed by atoms with Crippen LogP contribution in [0.25, 0.3) is 10.9 Å². The molecule has 2 unspecified atom stereocenters. The second-order valence-electron chi connectivity index (χ2n) is 13.9. The fraction of sp³-hybridized carbons (Fsp3) is 0.435. The number of carbonyl (C=O) groups excluding carboxylic acids is 1. The van der Waals surface area contributed by atoms with Gasteiger partial charge in [0.25, 0.3) is 5.56 Å². The molecule has 1 aromatic carbocycles. The van der Waals surface area contributed by atoms with Gasteiger partial charge in [0.05, 0.1) is 12.1 Å². The van der Waals surface area contributed by atoms with E-state index in [2.05, 4.69) is 107 Å². The Morgan fingerprint density at radius 1 is 0.811 bits per heavy atom. The van der Waals surface area contributed by atoms with E-state index in [4.69, 9.17) is 4.74 Å². The van der Waals surface area contributed by atoms with Gasteiger partial charge < -0.3 is 9.64 Å². The first-order valence-electron chi connectivity index (χ1n) is 19.9. The Bertz CT molecular complexity index is 1750. The van der Waals surface area contributed by atoms with E-state index in [1.807, 2.05) is 30.0 Å². The summed E-state index contributed by atoms with van der Waals surface area (Å²) in [5.41, 5.74) is 1.80. The van der Waals surface area contributed by atoms with Gasteiger partial charge in [0.15, 0.2) is 0 Å². The monoisotopic (exact) mass is 733 g/mol. The molecule has 1 saturated heterocycles. The lowest BCUT2D eigenvalue weighted by molar-refractivity contribution is 0.0901. The Morgan fingerprint density at radius 3 is 2.21 bits per heavy atom. The van der Waals surface area contributed by atoms with Gasteiger partial charge in [-0.05, 0) is 99.4 Å². The van der Waals surface area contributed by atoms with Gasteiger partial charge in [0.1, 0.15) is 5.75 Å². The van der Waals surface area contributed by atoms with Crippen LogP contribution >= 0.6 is 11.8 Å². The van der Waals surface area contributed by atoms with Crippen molar-refractivity contribution in [1.29, 1.82) is 0 Å². The summed E-state index contributed by atoms with van der Waals surface area (Å²) in [6, 6.07) is 8.98. The number of piperazine rings is 1. The maximum absolute atomic E-state index is 13.2. The summed E-state index contributed by atoms with van der Waals surface area (Å²) < 4.78 is 7.44. The molecule has 5 rings (SSSR count). The first kappa shape index (κ1) is 40.1. The Hall–Kier alpha value is -4.07. The van der Waals surface area contributed by atoms with Gasteiger partial charge in [0, 0.05) is 61.6 Å². The molecule has 0 radical (unpaired) electrons. The molecule has 1 aliphatic carbocycles. The number of hydrogen-bond acceptors (Lipinski definition) is 6. The Labute approximate surface area is 322 Å². The molecule has 3 heterocycles. The normalized spacial score (nSPS) is 19.3. The molecule has 53 heavy (non-hydrogen) atoms. The van der Waals surface area contributed by atoms with Gasteiger partial charge in [-0.1, -0.05) is 92.3 Å². The van der Waals surface area contributed by atoms with E-state index in [1.165, 1.54) is 22.8 Å². The lowest BCUT2D eigenvalue weighted by atomic mass is 9.95. The fourth-order valence-corrected chi connectivity index (χ4v) is 7.95. The van der Waals surface area contributed by atoms with Gasteiger partial charge in [0.2, 0.25) is 5.91 Å². The predicted molar refractivity (Wildman–Crippen MR) is 226 cm³/mol. The molecule has 0 amide bonds. The number of aromatic nitrogens is 1. The number of thioether (sulfide) groups is 1. The quantitative estimate of drug-likeness (QED) is 0.0941. The van der Waals surface area contributed by atoms with Crippen LogP contribution in [0.4, 0.5) is 0 Å². The van der Waals surface area contributed by atoms with Crippen LogP contribution in [0.15, 0.2) is 131 Å². The summed E-state index contributed by atoms with van der Waals surface area (Å²) in [5, 5.41) is 3.68. The predicted octanol–water partition coefficient (Wildman–Crippen LogP) is 10.4. The number of carbonyl (C=O) groups is 1. The molecule has 0 spiro atoms. The molecule has 3 aliphatic rings. The number of unbranched alkanes of at least 4 members (excludes halogenated alkanes) is 3.